The van der Waals surface area contributed by atoms with E-state index in [2.05, 4.69) is 17.0 Å². The first kappa shape index (κ1) is 17.3. The maximum atomic E-state index is 13.4. The Bertz CT molecular complexity index is 728. The second-order valence-electron chi connectivity index (χ2n) is 7.40. The Morgan fingerprint density at radius 3 is 2.23 bits per heavy atom. The molecule has 4 rings (SSSR count). The van der Waals surface area contributed by atoms with E-state index in [0.717, 1.165) is 31.5 Å². The fraction of sp³-hybridized carbons (Fsp3) is 0.409. The van der Waals surface area contributed by atoms with Gasteiger partial charge in [-0.3, -0.25) is 9.69 Å². The van der Waals surface area contributed by atoms with Gasteiger partial charge in [0.2, 0.25) is 5.91 Å². The molecular formula is C22H26N2O2. The summed E-state index contributed by atoms with van der Waals surface area (Å²) >= 11 is 0. The van der Waals surface area contributed by atoms with E-state index in [9.17, 15) is 9.90 Å². The number of amides is 1. The molecule has 2 fully saturated rings. The lowest BCUT2D eigenvalue weighted by Crippen LogP contribution is -2.46. The van der Waals surface area contributed by atoms with Crippen LogP contribution in [0.5, 0.6) is 0 Å². The van der Waals surface area contributed by atoms with Crippen molar-refractivity contribution in [2.75, 3.05) is 19.6 Å². The summed E-state index contributed by atoms with van der Waals surface area (Å²) in [4.78, 5) is 17.5. The Morgan fingerprint density at radius 1 is 0.962 bits per heavy atom. The monoisotopic (exact) mass is 350 g/mol. The summed E-state index contributed by atoms with van der Waals surface area (Å²) in [5, 5.41) is 10.8. The number of carbonyl (C=O) groups is 1. The second kappa shape index (κ2) is 7.60. The van der Waals surface area contributed by atoms with Crippen LogP contribution in [0.25, 0.3) is 0 Å². The van der Waals surface area contributed by atoms with Gasteiger partial charge in [0, 0.05) is 32.1 Å². The van der Waals surface area contributed by atoms with Crippen molar-refractivity contribution in [3.8, 4) is 0 Å². The van der Waals surface area contributed by atoms with E-state index >= 15 is 0 Å². The van der Waals surface area contributed by atoms with Gasteiger partial charge in [0.1, 0.15) is 0 Å². The number of likely N-dealkylation sites (tertiary alicyclic amines) is 2. The van der Waals surface area contributed by atoms with Crippen LogP contribution in [0.2, 0.25) is 0 Å². The molecule has 1 N–H and O–H groups in total. The predicted molar refractivity (Wildman–Crippen MR) is 102 cm³/mol. The molecule has 26 heavy (non-hydrogen) atoms. The lowest BCUT2D eigenvalue weighted by Gasteiger charge is -2.31. The molecule has 4 nitrogen and oxygen atoms in total. The van der Waals surface area contributed by atoms with Gasteiger partial charge in [-0.05, 0) is 24.0 Å². The van der Waals surface area contributed by atoms with E-state index in [1.165, 1.54) is 5.56 Å². The van der Waals surface area contributed by atoms with Crippen molar-refractivity contribution >= 4 is 5.91 Å². The van der Waals surface area contributed by atoms with Crippen molar-refractivity contribution in [3.63, 3.8) is 0 Å². The molecule has 2 heterocycles. The average Bonchev–Trinajstić information content (AvgIpc) is 3.31. The standard InChI is InChI=1S/C22H26N2O2/c25-19-16-24(15-17-9-3-1-4-10-17)21(22(26)23-13-7-8-14-23)20(19)18-11-5-2-6-12-18/h1-6,9-12,19-21,25H,7-8,13-16H2/t19-,20+,21-/m0/s1. The van der Waals surface area contributed by atoms with Crippen LogP contribution >= 0.6 is 0 Å². The minimum atomic E-state index is -0.530. The Labute approximate surface area is 155 Å². The lowest BCUT2D eigenvalue weighted by molar-refractivity contribution is -0.135. The summed E-state index contributed by atoms with van der Waals surface area (Å²) in [7, 11) is 0. The number of hydrogen-bond donors (Lipinski definition) is 1. The van der Waals surface area contributed by atoms with Crippen LogP contribution < -0.4 is 0 Å². The molecule has 2 aromatic carbocycles. The van der Waals surface area contributed by atoms with Crippen molar-refractivity contribution in [2.24, 2.45) is 0 Å². The minimum absolute atomic E-state index is 0.170. The molecule has 0 unspecified atom stereocenters. The van der Waals surface area contributed by atoms with Gasteiger partial charge in [-0.2, -0.15) is 0 Å². The number of hydrogen-bond acceptors (Lipinski definition) is 3. The number of carbonyl (C=O) groups excluding carboxylic acids is 1. The van der Waals surface area contributed by atoms with E-state index in [1.807, 2.05) is 53.4 Å². The molecule has 136 valence electrons. The largest absolute Gasteiger partial charge is 0.391 e. The number of aliphatic hydroxyl groups is 1. The van der Waals surface area contributed by atoms with Crippen molar-refractivity contribution in [1.29, 1.82) is 0 Å². The van der Waals surface area contributed by atoms with E-state index in [-0.39, 0.29) is 17.9 Å². The van der Waals surface area contributed by atoms with E-state index < -0.39 is 6.10 Å². The molecule has 0 saturated carbocycles. The second-order valence-corrected chi connectivity index (χ2v) is 7.40. The SMILES string of the molecule is O=C([C@@H]1[C@H](c2ccccc2)[C@@H](O)CN1Cc1ccccc1)N1CCCC1. The number of rotatable bonds is 4. The number of nitrogens with zero attached hydrogens (tertiary/aromatic N) is 2. The molecule has 1 amide bonds. The molecule has 2 aromatic rings. The van der Waals surface area contributed by atoms with Crippen molar-refractivity contribution < 1.29 is 9.90 Å². The Morgan fingerprint density at radius 2 is 1.58 bits per heavy atom. The average molecular weight is 350 g/mol. The minimum Gasteiger partial charge on any atom is -0.391 e. The fourth-order valence-electron chi connectivity index (χ4n) is 4.40. The van der Waals surface area contributed by atoms with E-state index in [0.29, 0.717) is 13.1 Å². The molecule has 2 saturated heterocycles. The van der Waals surface area contributed by atoms with Gasteiger partial charge >= 0.3 is 0 Å². The van der Waals surface area contributed by atoms with Gasteiger partial charge in [-0.1, -0.05) is 60.7 Å². The third kappa shape index (κ3) is 3.39. The van der Waals surface area contributed by atoms with Gasteiger partial charge in [-0.15, -0.1) is 0 Å². The molecule has 0 aliphatic carbocycles. The summed E-state index contributed by atoms with van der Waals surface area (Å²) < 4.78 is 0. The lowest BCUT2D eigenvalue weighted by atomic mass is 9.89. The summed E-state index contributed by atoms with van der Waals surface area (Å²) in [6, 6.07) is 19.9. The van der Waals surface area contributed by atoms with Crippen LogP contribution in [-0.4, -0.2) is 52.6 Å². The topological polar surface area (TPSA) is 43.8 Å². The van der Waals surface area contributed by atoms with Crippen molar-refractivity contribution in [2.45, 2.75) is 37.5 Å². The van der Waals surface area contributed by atoms with Crippen molar-refractivity contribution in [3.05, 3.63) is 71.8 Å². The maximum absolute atomic E-state index is 13.4. The zero-order chi connectivity index (χ0) is 17.9. The van der Waals surface area contributed by atoms with Gasteiger partial charge < -0.3 is 10.0 Å². The van der Waals surface area contributed by atoms with Crippen LogP contribution in [0.4, 0.5) is 0 Å². The highest BCUT2D eigenvalue weighted by Crippen LogP contribution is 2.36. The first-order valence-corrected chi connectivity index (χ1v) is 9.54. The molecule has 0 spiro atoms. The van der Waals surface area contributed by atoms with Gasteiger partial charge in [0.25, 0.3) is 0 Å². The van der Waals surface area contributed by atoms with E-state index in [1.54, 1.807) is 0 Å². The van der Waals surface area contributed by atoms with Gasteiger partial charge in [-0.25, -0.2) is 0 Å². The highest BCUT2D eigenvalue weighted by atomic mass is 16.3. The normalized spacial score (nSPS) is 26.3. The number of β-amino-alcohol motifs (C(OH)–C–C–N with tert-alkyl or cyclic N) is 1. The summed E-state index contributed by atoms with van der Waals surface area (Å²) in [6.45, 7) is 2.89. The predicted octanol–water partition coefficient (Wildman–Crippen LogP) is 2.64. The van der Waals surface area contributed by atoms with Crippen molar-refractivity contribution in [1.82, 2.24) is 9.80 Å². The summed E-state index contributed by atoms with van der Waals surface area (Å²) in [6.07, 6.45) is 1.63. The highest BCUT2D eigenvalue weighted by Gasteiger charge is 2.47. The quantitative estimate of drug-likeness (QED) is 0.922. The van der Waals surface area contributed by atoms with Crippen LogP contribution in [0.1, 0.15) is 29.9 Å². The van der Waals surface area contributed by atoms with Gasteiger partial charge in [0.05, 0.1) is 12.1 Å². The zero-order valence-corrected chi connectivity index (χ0v) is 15.0. The number of benzene rings is 2. The maximum Gasteiger partial charge on any atom is 0.240 e. The molecule has 0 aromatic heterocycles. The number of aliphatic hydroxyl groups excluding tert-OH is 1. The third-order valence-electron chi connectivity index (χ3n) is 5.65. The third-order valence-corrected chi connectivity index (χ3v) is 5.65. The summed E-state index contributed by atoms with van der Waals surface area (Å²) in [5.74, 6) is -0.00292. The molecule has 2 aliphatic heterocycles. The molecule has 0 radical (unpaired) electrons. The summed E-state index contributed by atoms with van der Waals surface area (Å²) in [5.41, 5.74) is 2.22. The Balaban J connectivity index is 1.65. The van der Waals surface area contributed by atoms with Crippen LogP contribution in [0.15, 0.2) is 60.7 Å². The highest BCUT2D eigenvalue weighted by molar-refractivity contribution is 5.84. The van der Waals surface area contributed by atoms with Crippen LogP contribution in [-0.2, 0) is 11.3 Å². The van der Waals surface area contributed by atoms with Crippen LogP contribution in [0, 0.1) is 0 Å². The molecule has 2 aliphatic rings. The first-order valence-electron chi connectivity index (χ1n) is 9.54. The smallest absolute Gasteiger partial charge is 0.240 e. The zero-order valence-electron chi connectivity index (χ0n) is 15.0. The van der Waals surface area contributed by atoms with E-state index in [4.69, 9.17) is 0 Å². The fourth-order valence-corrected chi connectivity index (χ4v) is 4.40. The molecule has 0 bridgehead atoms. The Hall–Kier alpha value is -2.17. The Kier molecular flexibility index (Phi) is 5.05. The first-order chi connectivity index (χ1) is 12.7. The van der Waals surface area contributed by atoms with Gasteiger partial charge in [0.15, 0.2) is 0 Å². The molecular weight excluding hydrogens is 324 g/mol. The molecule has 3 atom stereocenters. The van der Waals surface area contributed by atoms with Crippen LogP contribution in [0.3, 0.4) is 0 Å². The molecule has 4 heteroatoms.